The van der Waals surface area contributed by atoms with Crippen LogP contribution in [0.3, 0.4) is 0 Å². The first-order valence-electron chi connectivity index (χ1n) is 8.99. The quantitative estimate of drug-likeness (QED) is 0.338. The van der Waals surface area contributed by atoms with E-state index in [0.717, 1.165) is 15.9 Å². The maximum absolute atomic E-state index is 12.5. The van der Waals surface area contributed by atoms with Crippen LogP contribution >= 0.6 is 46.1 Å². The summed E-state index contributed by atoms with van der Waals surface area (Å²) in [6.45, 7) is 1.38. The Morgan fingerprint density at radius 1 is 1.10 bits per heavy atom. The van der Waals surface area contributed by atoms with Crippen LogP contribution in [-0.2, 0) is 9.53 Å². The molecule has 0 radical (unpaired) electrons. The summed E-state index contributed by atoms with van der Waals surface area (Å²) in [7, 11) is 0. The van der Waals surface area contributed by atoms with Gasteiger partial charge in [0, 0.05) is 10.4 Å². The molecule has 4 rings (SSSR count). The second-order valence-electron chi connectivity index (χ2n) is 6.53. The molecule has 4 aromatic rings. The number of ether oxygens (including phenoxy) is 1. The molecule has 158 valence electrons. The molecule has 0 saturated carbocycles. The molecule has 31 heavy (non-hydrogen) atoms. The molecule has 1 amide bonds. The van der Waals surface area contributed by atoms with Crippen molar-refractivity contribution in [2.24, 2.45) is 0 Å². The van der Waals surface area contributed by atoms with Crippen LogP contribution in [0.25, 0.3) is 15.9 Å². The lowest BCUT2D eigenvalue weighted by molar-refractivity contribution is -0.119. The van der Waals surface area contributed by atoms with Gasteiger partial charge in [0.2, 0.25) is 0 Å². The van der Waals surface area contributed by atoms with Gasteiger partial charge in [-0.05, 0) is 43.3 Å². The zero-order valence-electron chi connectivity index (χ0n) is 16.0. The van der Waals surface area contributed by atoms with E-state index in [0.29, 0.717) is 31.3 Å². The molecule has 2 heterocycles. The van der Waals surface area contributed by atoms with Crippen molar-refractivity contribution >= 4 is 73.9 Å². The van der Waals surface area contributed by atoms with Gasteiger partial charge in [-0.15, -0.1) is 11.3 Å². The zero-order valence-corrected chi connectivity index (χ0v) is 19.1. The van der Waals surface area contributed by atoms with Crippen LogP contribution in [0.5, 0.6) is 0 Å². The molecule has 0 aliphatic carbocycles. The second-order valence-corrected chi connectivity index (χ2v) is 8.81. The number of thiophene rings is 1. The van der Waals surface area contributed by atoms with Crippen LogP contribution in [-0.4, -0.2) is 28.3 Å². The maximum Gasteiger partial charge on any atom is 0.348 e. The number of hydrogen-bond acceptors (Lipinski definition) is 5. The van der Waals surface area contributed by atoms with Crippen LogP contribution in [0, 0.1) is 6.92 Å². The minimum absolute atomic E-state index is 0.327. The molecule has 1 N–H and O–H groups in total. The monoisotopic (exact) mass is 493 g/mol. The van der Waals surface area contributed by atoms with E-state index in [1.807, 2.05) is 25.1 Å². The molecule has 10 heteroatoms. The van der Waals surface area contributed by atoms with Crippen LogP contribution in [0.4, 0.5) is 5.69 Å². The summed E-state index contributed by atoms with van der Waals surface area (Å²) in [5.41, 5.74) is 1.80. The topological polar surface area (TPSA) is 73.2 Å². The number of aromatic nitrogens is 2. The number of benzene rings is 2. The highest BCUT2D eigenvalue weighted by atomic mass is 35.5. The van der Waals surface area contributed by atoms with Gasteiger partial charge < -0.3 is 10.1 Å². The van der Waals surface area contributed by atoms with Gasteiger partial charge in [0.15, 0.2) is 6.61 Å². The number of anilines is 1. The molecule has 0 aliphatic heterocycles. The van der Waals surface area contributed by atoms with Crippen molar-refractivity contribution in [3.8, 4) is 5.69 Å². The largest absolute Gasteiger partial charge is 0.451 e. The van der Waals surface area contributed by atoms with Crippen LogP contribution in [0.2, 0.25) is 15.1 Å². The lowest BCUT2D eigenvalue weighted by Gasteiger charge is -2.08. The number of halogens is 3. The van der Waals surface area contributed by atoms with Gasteiger partial charge in [0.1, 0.15) is 9.71 Å². The average Bonchev–Trinajstić information content (AvgIpc) is 3.30. The highest BCUT2D eigenvalue weighted by Crippen LogP contribution is 2.32. The van der Waals surface area contributed by atoms with Crippen molar-refractivity contribution in [1.82, 2.24) is 9.78 Å². The Morgan fingerprint density at radius 3 is 2.65 bits per heavy atom. The number of carbonyl (C=O) groups is 2. The Balaban J connectivity index is 1.50. The van der Waals surface area contributed by atoms with E-state index in [2.05, 4.69) is 10.4 Å². The van der Waals surface area contributed by atoms with Crippen molar-refractivity contribution in [3.05, 3.63) is 74.2 Å². The highest BCUT2D eigenvalue weighted by Gasteiger charge is 2.20. The van der Waals surface area contributed by atoms with E-state index in [4.69, 9.17) is 39.5 Å². The van der Waals surface area contributed by atoms with E-state index in [1.54, 1.807) is 28.9 Å². The van der Waals surface area contributed by atoms with Crippen molar-refractivity contribution in [2.75, 3.05) is 11.9 Å². The van der Waals surface area contributed by atoms with Gasteiger partial charge in [-0.3, -0.25) is 4.79 Å². The first-order valence-corrected chi connectivity index (χ1v) is 10.9. The van der Waals surface area contributed by atoms with Crippen LogP contribution in [0.15, 0.2) is 48.5 Å². The molecule has 0 aliphatic rings. The van der Waals surface area contributed by atoms with Gasteiger partial charge in [0.05, 0.1) is 27.1 Å². The Labute approximate surface area is 196 Å². The summed E-state index contributed by atoms with van der Waals surface area (Å²) < 4.78 is 6.86. The number of para-hydroxylation sites is 1. The smallest absolute Gasteiger partial charge is 0.348 e. The lowest BCUT2D eigenvalue weighted by atomic mass is 10.3. The number of amides is 1. The molecule has 0 unspecified atom stereocenters. The minimum Gasteiger partial charge on any atom is -0.451 e. The number of nitrogens with one attached hydrogen (secondary N) is 1. The fourth-order valence-corrected chi connectivity index (χ4v) is 4.54. The van der Waals surface area contributed by atoms with Crippen LogP contribution in [0.1, 0.15) is 15.4 Å². The first kappa shape index (κ1) is 21.6. The van der Waals surface area contributed by atoms with E-state index < -0.39 is 18.5 Å². The zero-order chi connectivity index (χ0) is 22.1. The SMILES string of the molecule is Cc1nn(-c2ccccc2Cl)c2sc(C(=O)OCC(=O)Nc3cc(Cl)ccc3Cl)cc12. The molecular formula is C21H14Cl3N3O3S. The molecule has 2 aromatic carbocycles. The van der Waals surface area contributed by atoms with Gasteiger partial charge in [0.25, 0.3) is 5.91 Å². The summed E-state index contributed by atoms with van der Waals surface area (Å²) in [4.78, 5) is 25.8. The predicted molar refractivity (Wildman–Crippen MR) is 124 cm³/mol. The first-order chi connectivity index (χ1) is 14.8. The summed E-state index contributed by atoms with van der Waals surface area (Å²) in [6, 6.07) is 13.7. The second kappa shape index (κ2) is 8.88. The average molecular weight is 495 g/mol. The minimum atomic E-state index is -0.612. The highest BCUT2D eigenvalue weighted by molar-refractivity contribution is 7.20. The predicted octanol–water partition coefficient (Wildman–Crippen LogP) is 6.15. The fourth-order valence-electron chi connectivity index (χ4n) is 2.92. The molecule has 0 saturated heterocycles. The lowest BCUT2D eigenvalue weighted by Crippen LogP contribution is -2.20. The summed E-state index contributed by atoms with van der Waals surface area (Å²) in [5, 5.41) is 9.19. The van der Waals surface area contributed by atoms with Crippen molar-refractivity contribution in [1.29, 1.82) is 0 Å². The third-order valence-corrected chi connectivity index (χ3v) is 6.34. The molecular weight excluding hydrogens is 481 g/mol. The molecule has 0 atom stereocenters. The number of rotatable bonds is 5. The van der Waals surface area contributed by atoms with Crippen molar-refractivity contribution in [2.45, 2.75) is 6.92 Å². The number of carbonyl (C=O) groups excluding carboxylic acids is 2. The van der Waals surface area contributed by atoms with E-state index >= 15 is 0 Å². The number of hydrogen-bond donors (Lipinski definition) is 1. The maximum atomic E-state index is 12.5. The summed E-state index contributed by atoms with van der Waals surface area (Å²) in [5.74, 6) is -1.14. The van der Waals surface area contributed by atoms with Gasteiger partial charge in [-0.1, -0.05) is 46.9 Å². The third kappa shape index (κ3) is 4.55. The van der Waals surface area contributed by atoms with E-state index in [9.17, 15) is 9.59 Å². The Bertz CT molecular complexity index is 1320. The Morgan fingerprint density at radius 2 is 1.87 bits per heavy atom. The van der Waals surface area contributed by atoms with Gasteiger partial charge in [-0.2, -0.15) is 5.10 Å². The molecule has 0 bridgehead atoms. The standard InChI is InChI=1S/C21H14Cl3N3O3S/c1-11-13-9-18(31-20(13)27(26-11)17-5-3-2-4-15(17)24)21(29)30-10-19(28)25-16-8-12(22)6-7-14(16)23/h2-9H,10H2,1H3,(H,25,28). The number of aryl methyl sites for hydroxylation is 1. The summed E-state index contributed by atoms with van der Waals surface area (Å²) >= 11 is 19.4. The Hall–Kier alpha value is -2.58. The number of esters is 1. The van der Waals surface area contributed by atoms with Crippen molar-refractivity contribution < 1.29 is 14.3 Å². The molecule has 0 spiro atoms. The molecule has 6 nitrogen and oxygen atoms in total. The fraction of sp³-hybridized carbons (Fsp3) is 0.0952. The molecule has 0 fully saturated rings. The third-order valence-electron chi connectivity index (χ3n) is 4.36. The Kier molecular flexibility index (Phi) is 6.20. The van der Waals surface area contributed by atoms with Gasteiger partial charge >= 0.3 is 5.97 Å². The molecule has 2 aromatic heterocycles. The summed E-state index contributed by atoms with van der Waals surface area (Å²) in [6.07, 6.45) is 0. The number of nitrogens with zero attached hydrogens (tertiary/aromatic N) is 2. The normalized spacial score (nSPS) is 11.0. The van der Waals surface area contributed by atoms with E-state index in [1.165, 1.54) is 17.4 Å². The van der Waals surface area contributed by atoms with E-state index in [-0.39, 0.29) is 0 Å². The van der Waals surface area contributed by atoms with Crippen LogP contribution < -0.4 is 5.32 Å². The number of fused-ring (bicyclic) bond motifs is 1. The van der Waals surface area contributed by atoms with Gasteiger partial charge in [-0.25, -0.2) is 9.48 Å². The van der Waals surface area contributed by atoms with Crippen molar-refractivity contribution in [3.63, 3.8) is 0 Å².